The summed E-state index contributed by atoms with van der Waals surface area (Å²) in [5, 5.41) is 0. The van der Waals surface area contributed by atoms with Gasteiger partial charge in [-0.2, -0.15) is 0 Å². The first-order valence-electron chi connectivity index (χ1n) is 1.99. The van der Waals surface area contributed by atoms with Gasteiger partial charge in [0.25, 0.3) is 0 Å². The Bertz CT molecular complexity index is 82.3. The van der Waals surface area contributed by atoms with Crippen molar-refractivity contribution in [3.63, 3.8) is 0 Å². The lowest BCUT2D eigenvalue weighted by molar-refractivity contribution is 0.260. The van der Waals surface area contributed by atoms with Crippen molar-refractivity contribution < 1.29 is 9.47 Å². The Hall–Kier alpha value is -0.920. The Labute approximate surface area is 42.0 Å². The van der Waals surface area contributed by atoms with Gasteiger partial charge in [-0.1, -0.05) is 0 Å². The quantitative estimate of drug-likeness (QED) is 0.445. The van der Waals surface area contributed by atoms with Crippen molar-refractivity contribution >= 4 is 0 Å². The highest BCUT2D eigenvalue weighted by Crippen LogP contribution is 1.87. The average Bonchev–Trinajstić information content (AvgIpc) is 1.90. The fraction of sp³-hybridized carbons (Fsp3) is 0.200. The minimum Gasteiger partial charge on any atom is -0.482 e. The molecule has 1 rings (SSSR count). The Morgan fingerprint density at radius 1 is 1.57 bits per heavy atom. The van der Waals surface area contributed by atoms with Crippen LogP contribution in [0.3, 0.4) is 0 Å². The number of hydrogen-bond donors (Lipinski definition) is 0. The van der Waals surface area contributed by atoms with E-state index in [1.807, 2.05) is 0 Å². The van der Waals surface area contributed by atoms with Crippen LogP contribution in [0.25, 0.3) is 0 Å². The molecule has 0 aromatic carbocycles. The zero-order valence-corrected chi connectivity index (χ0v) is 3.76. The van der Waals surface area contributed by atoms with E-state index in [4.69, 9.17) is 0 Å². The minimum atomic E-state index is 0.552. The second kappa shape index (κ2) is 2.29. The van der Waals surface area contributed by atoms with Gasteiger partial charge in [-0.25, -0.2) is 0 Å². The highest BCUT2D eigenvalue weighted by molar-refractivity contribution is 4.78. The Kier molecular flexibility index (Phi) is 1.39. The maximum absolute atomic E-state index is 4.68. The third-order valence-electron chi connectivity index (χ3n) is 0.554. The smallest absolute Gasteiger partial charge is 0.200 e. The third kappa shape index (κ3) is 1.30. The molecule has 1 aliphatic heterocycles. The zero-order valence-electron chi connectivity index (χ0n) is 3.76. The lowest BCUT2D eigenvalue weighted by Gasteiger charge is -1.82. The maximum atomic E-state index is 4.68. The fourth-order valence-corrected chi connectivity index (χ4v) is 0.292. The topological polar surface area (TPSA) is 18.5 Å². The molecule has 2 heteroatoms. The Morgan fingerprint density at radius 2 is 2.57 bits per heavy atom. The molecule has 0 fully saturated rings. The molecular weight excluding hydrogens is 92.1 g/mol. The van der Waals surface area contributed by atoms with E-state index >= 15 is 0 Å². The molecule has 0 spiro atoms. The van der Waals surface area contributed by atoms with Crippen molar-refractivity contribution in [1.29, 1.82) is 0 Å². The van der Waals surface area contributed by atoms with E-state index in [1.165, 1.54) is 6.26 Å². The van der Waals surface area contributed by atoms with Crippen LogP contribution in [-0.2, 0) is 9.47 Å². The lowest BCUT2D eigenvalue weighted by Crippen LogP contribution is -1.76. The van der Waals surface area contributed by atoms with Gasteiger partial charge in [-0.3, -0.25) is 0 Å². The molecule has 0 atom stereocenters. The van der Waals surface area contributed by atoms with Crippen molar-refractivity contribution in [2.24, 2.45) is 0 Å². The van der Waals surface area contributed by atoms with E-state index in [0.29, 0.717) is 6.61 Å². The first kappa shape index (κ1) is 4.24. The normalized spacial score (nSPS) is 17.1. The molecule has 1 radical (unpaired) electrons. The number of hydrogen-bond acceptors (Lipinski definition) is 2. The number of rotatable bonds is 0. The second-order valence-electron chi connectivity index (χ2n) is 1.05. The van der Waals surface area contributed by atoms with Crippen LogP contribution >= 0.6 is 0 Å². The first-order chi connectivity index (χ1) is 3.50. The highest BCUT2D eigenvalue weighted by atomic mass is 16.5. The van der Waals surface area contributed by atoms with Crippen LogP contribution in [0.4, 0.5) is 0 Å². The Morgan fingerprint density at radius 3 is 3.57 bits per heavy atom. The summed E-state index contributed by atoms with van der Waals surface area (Å²) >= 11 is 0. The van der Waals surface area contributed by atoms with Crippen molar-refractivity contribution in [2.75, 3.05) is 6.61 Å². The van der Waals surface area contributed by atoms with Crippen molar-refractivity contribution in [3.8, 4) is 0 Å². The standard InChI is InChI=1S/C5H5O2/c1-2-6-4-5-7-3-1/h1-2,4H,3H2. The summed E-state index contributed by atoms with van der Waals surface area (Å²) in [7, 11) is 0. The molecule has 7 heavy (non-hydrogen) atoms. The summed E-state index contributed by atoms with van der Waals surface area (Å²) in [6, 6.07) is 0. The van der Waals surface area contributed by atoms with Gasteiger partial charge < -0.3 is 9.47 Å². The van der Waals surface area contributed by atoms with E-state index in [2.05, 4.69) is 15.7 Å². The van der Waals surface area contributed by atoms with E-state index in [1.54, 1.807) is 12.3 Å². The van der Waals surface area contributed by atoms with Gasteiger partial charge >= 0.3 is 0 Å². The second-order valence-corrected chi connectivity index (χ2v) is 1.05. The molecule has 37 valence electrons. The SMILES string of the molecule is [C]1=COC=CCO1. The summed E-state index contributed by atoms with van der Waals surface area (Å²) in [6.45, 7) is 0.552. The summed E-state index contributed by atoms with van der Waals surface area (Å²) < 4.78 is 9.33. The molecule has 0 aliphatic carbocycles. The molecule has 0 saturated carbocycles. The van der Waals surface area contributed by atoms with Crippen LogP contribution in [-0.4, -0.2) is 6.61 Å². The molecule has 0 aromatic rings. The predicted molar refractivity (Wildman–Crippen MR) is 24.0 cm³/mol. The summed E-state index contributed by atoms with van der Waals surface area (Å²) in [6.07, 6.45) is 7.12. The van der Waals surface area contributed by atoms with Crippen LogP contribution in [0.15, 0.2) is 18.6 Å². The lowest BCUT2D eigenvalue weighted by atomic mass is 10.7. The van der Waals surface area contributed by atoms with E-state index in [0.717, 1.165) is 0 Å². The van der Waals surface area contributed by atoms with Gasteiger partial charge in [0.15, 0.2) is 6.26 Å². The van der Waals surface area contributed by atoms with Crippen molar-refractivity contribution in [1.82, 2.24) is 0 Å². The molecule has 0 saturated heterocycles. The minimum absolute atomic E-state index is 0.552. The average molecular weight is 97.1 g/mol. The molecule has 0 unspecified atom stereocenters. The van der Waals surface area contributed by atoms with Gasteiger partial charge in [-0.05, 0) is 6.08 Å². The molecule has 1 heterocycles. The Balaban J connectivity index is 2.38. The molecule has 1 aliphatic rings. The predicted octanol–water partition coefficient (Wildman–Crippen LogP) is 0.821. The number of ether oxygens (including phenoxy) is 2. The van der Waals surface area contributed by atoms with E-state index < -0.39 is 0 Å². The largest absolute Gasteiger partial charge is 0.482 e. The van der Waals surface area contributed by atoms with Crippen LogP contribution in [0.5, 0.6) is 0 Å². The summed E-state index contributed by atoms with van der Waals surface area (Å²) in [5.74, 6) is 0. The van der Waals surface area contributed by atoms with E-state index in [-0.39, 0.29) is 0 Å². The third-order valence-corrected chi connectivity index (χ3v) is 0.554. The van der Waals surface area contributed by atoms with Gasteiger partial charge in [-0.15, -0.1) is 0 Å². The van der Waals surface area contributed by atoms with Crippen LogP contribution < -0.4 is 0 Å². The summed E-state index contributed by atoms with van der Waals surface area (Å²) in [5.41, 5.74) is 0. The van der Waals surface area contributed by atoms with Gasteiger partial charge in [0.2, 0.25) is 0 Å². The zero-order chi connectivity index (χ0) is 4.95. The molecule has 0 bridgehead atoms. The highest BCUT2D eigenvalue weighted by Gasteiger charge is 1.79. The molecule has 2 nitrogen and oxygen atoms in total. The molecule has 0 aromatic heterocycles. The first-order valence-corrected chi connectivity index (χ1v) is 1.99. The summed E-state index contributed by atoms with van der Waals surface area (Å²) in [4.78, 5) is 0. The molecular formula is C5H5O2. The monoisotopic (exact) mass is 97.0 g/mol. The maximum Gasteiger partial charge on any atom is 0.200 e. The van der Waals surface area contributed by atoms with Crippen LogP contribution in [0.1, 0.15) is 0 Å². The van der Waals surface area contributed by atoms with E-state index in [9.17, 15) is 0 Å². The van der Waals surface area contributed by atoms with Gasteiger partial charge in [0.05, 0.1) is 6.26 Å². The van der Waals surface area contributed by atoms with Gasteiger partial charge in [0, 0.05) is 0 Å². The van der Waals surface area contributed by atoms with Crippen molar-refractivity contribution in [2.45, 2.75) is 0 Å². The molecule has 0 amide bonds. The van der Waals surface area contributed by atoms with Crippen LogP contribution in [0.2, 0.25) is 0 Å². The van der Waals surface area contributed by atoms with Crippen molar-refractivity contribution in [3.05, 3.63) is 24.9 Å². The molecule has 0 N–H and O–H groups in total. The van der Waals surface area contributed by atoms with Crippen LogP contribution in [0, 0.1) is 6.26 Å². The fourth-order valence-electron chi connectivity index (χ4n) is 0.292. The van der Waals surface area contributed by atoms with Gasteiger partial charge in [0.1, 0.15) is 12.9 Å².